The number of methoxy groups -OCH3 is 1. The van der Waals surface area contributed by atoms with Gasteiger partial charge in [0.2, 0.25) is 11.9 Å². The number of amides is 1. The van der Waals surface area contributed by atoms with Crippen molar-refractivity contribution in [2.24, 2.45) is 5.73 Å². The summed E-state index contributed by atoms with van der Waals surface area (Å²) in [5.41, 5.74) is 6.48. The van der Waals surface area contributed by atoms with E-state index in [1.54, 1.807) is 18.2 Å². The molecule has 1 aromatic heterocycles. The molecule has 1 amide bonds. The van der Waals surface area contributed by atoms with Crippen molar-refractivity contribution < 1.29 is 27.5 Å². The van der Waals surface area contributed by atoms with Crippen LogP contribution in [0.5, 0.6) is 0 Å². The van der Waals surface area contributed by atoms with E-state index in [1.807, 2.05) is 0 Å². The number of anilines is 1. The first-order chi connectivity index (χ1) is 14.2. The molecule has 0 bridgehead atoms. The highest BCUT2D eigenvalue weighted by molar-refractivity contribution is 5.87. The van der Waals surface area contributed by atoms with Crippen molar-refractivity contribution >= 4 is 28.9 Å². The predicted octanol–water partition coefficient (Wildman–Crippen LogP) is 2.81. The average molecular weight is 420 g/mol. The number of esters is 1. The van der Waals surface area contributed by atoms with E-state index in [1.165, 1.54) is 19.2 Å². The van der Waals surface area contributed by atoms with Gasteiger partial charge in [0.15, 0.2) is 0 Å². The van der Waals surface area contributed by atoms with Crippen LogP contribution in [0.4, 0.5) is 19.1 Å². The number of para-hydroxylation sites is 1. The topological polar surface area (TPSA) is 110 Å². The summed E-state index contributed by atoms with van der Waals surface area (Å²) in [5, 5.41) is 2.87. The van der Waals surface area contributed by atoms with Gasteiger partial charge in [0.05, 0.1) is 30.1 Å². The molecule has 1 atom stereocenters. The van der Waals surface area contributed by atoms with E-state index in [2.05, 4.69) is 15.3 Å². The van der Waals surface area contributed by atoms with Gasteiger partial charge in [-0.05, 0) is 23.3 Å². The van der Waals surface area contributed by atoms with Gasteiger partial charge in [0, 0.05) is 6.42 Å². The number of primary amides is 1. The lowest BCUT2D eigenvalue weighted by Gasteiger charge is -2.17. The third-order valence-corrected chi connectivity index (χ3v) is 4.45. The fourth-order valence-corrected chi connectivity index (χ4v) is 3.10. The maximum atomic E-state index is 13.0. The number of rotatable bonds is 7. The van der Waals surface area contributed by atoms with Crippen molar-refractivity contribution in [3.63, 3.8) is 0 Å². The fourth-order valence-electron chi connectivity index (χ4n) is 3.10. The number of nitrogens with zero attached hydrogens (tertiary/aromatic N) is 1. The summed E-state index contributed by atoms with van der Waals surface area (Å²) in [6, 6.07) is 8.91. The summed E-state index contributed by atoms with van der Waals surface area (Å²) in [7, 11) is 1.19. The maximum Gasteiger partial charge on any atom is 0.416 e. The molecule has 3 aromatic rings. The lowest BCUT2D eigenvalue weighted by molar-refractivity contribution is -0.141. The molecule has 0 fully saturated rings. The number of carbonyl (C=O) groups excluding carboxylic acids is 2. The smallest absolute Gasteiger partial charge is 0.416 e. The van der Waals surface area contributed by atoms with Gasteiger partial charge in [-0.2, -0.15) is 13.2 Å². The molecule has 30 heavy (non-hydrogen) atoms. The summed E-state index contributed by atoms with van der Waals surface area (Å²) in [4.78, 5) is 30.8. The predicted molar refractivity (Wildman–Crippen MR) is 104 cm³/mol. The monoisotopic (exact) mass is 420 g/mol. The molecule has 2 aromatic carbocycles. The van der Waals surface area contributed by atoms with Crippen molar-refractivity contribution in [3.05, 3.63) is 59.2 Å². The molecule has 0 aliphatic heterocycles. The second-order valence-corrected chi connectivity index (χ2v) is 6.66. The van der Waals surface area contributed by atoms with E-state index < -0.39 is 29.7 Å². The Bertz CT molecular complexity index is 1080. The molecule has 0 radical (unpaired) electrons. The van der Waals surface area contributed by atoms with Crippen molar-refractivity contribution in [1.29, 1.82) is 0 Å². The first kappa shape index (κ1) is 21.2. The minimum absolute atomic E-state index is 0.00764. The Morgan fingerprint density at radius 1 is 1.23 bits per heavy atom. The first-order valence-corrected chi connectivity index (χ1v) is 8.94. The fraction of sp³-hybridized carbons (Fsp3) is 0.250. The molecule has 3 rings (SSSR count). The van der Waals surface area contributed by atoms with Gasteiger partial charge in [-0.25, -0.2) is 9.78 Å². The van der Waals surface area contributed by atoms with Crippen LogP contribution in [0.15, 0.2) is 42.5 Å². The van der Waals surface area contributed by atoms with Crippen LogP contribution >= 0.6 is 0 Å². The zero-order chi connectivity index (χ0) is 21.9. The van der Waals surface area contributed by atoms with Crippen LogP contribution in [0.25, 0.3) is 11.0 Å². The maximum absolute atomic E-state index is 13.0. The third-order valence-electron chi connectivity index (χ3n) is 4.45. The number of alkyl halides is 3. The van der Waals surface area contributed by atoms with E-state index >= 15 is 0 Å². The van der Waals surface area contributed by atoms with Crippen molar-refractivity contribution in [2.45, 2.75) is 25.1 Å². The number of carbonyl (C=O) groups is 2. The Morgan fingerprint density at radius 3 is 2.63 bits per heavy atom. The summed E-state index contributed by atoms with van der Waals surface area (Å²) < 4.78 is 43.7. The standard InChI is InChI=1S/C20H19F3N4O3/c1-30-18(29)15(9-11-4-2-6-13(8-11)20(21,22)23)26-19-25-14-7-3-5-12(10-16(24)28)17(14)27-19/h2-8,15H,9-10H2,1H3,(H2,24,28)(H2,25,26,27). The van der Waals surface area contributed by atoms with Gasteiger partial charge in [0.1, 0.15) is 6.04 Å². The molecular formula is C20H19F3N4O3. The minimum Gasteiger partial charge on any atom is -0.467 e. The van der Waals surface area contributed by atoms with Gasteiger partial charge >= 0.3 is 12.1 Å². The van der Waals surface area contributed by atoms with Gasteiger partial charge in [-0.3, -0.25) is 4.79 Å². The van der Waals surface area contributed by atoms with E-state index in [4.69, 9.17) is 10.5 Å². The zero-order valence-electron chi connectivity index (χ0n) is 15.9. The third kappa shape index (κ3) is 4.88. The molecular weight excluding hydrogens is 401 g/mol. The molecule has 10 heteroatoms. The SMILES string of the molecule is COC(=O)C(Cc1cccc(C(F)(F)F)c1)Nc1nc2c(CC(N)=O)cccc2[nH]1. The Morgan fingerprint density at radius 2 is 1.97 bits per heavy atom. The normalized spacial score (nSPS) is 12.5. The minimum atomic E-state index is -4.49. The van der Waals surface area contributed by atoms with Crippen LogP contribution in [-0.4, -0.2) is 35.0 Å². The highest BCUT2D eigenvalue weighted by Gasteiger charge is 2.31. The van der Waals surface area contributed by atoms with Crippen molar-refractivity contribution in [2.75, 3.05) is 12.4 Å². The average Bonchev–Trinajstić information content (AvgIpc) is 3.09. The summed E-state index contributed by atoms with van der Waals surface area (Å²) in [6.45, 7) is 0. The second-order valence-electron chi connectivity index (χ2n) is 6.66. The summed E-state index contributed by atoms with van der Waals surface area (Å²) in [5.74, 6) is -0.966. The number of nitrogens with one attached hydrogen (secondary N) is 2. The molecule has 158 valence electrons. The van der Waals surface area contributed by atoms with Crippen molar-refractivity contribution in [1.82, 2.24) is 9.97 Å². The Kier molecular flexibility index (Phi) is 5.95. The van der Waals surface area contributed by atoms with Crippen molar-refractivity contribution in [3.8, 4) is 0 Å². The van der Waals surface area contributed by atoms with E-state index in [0.717, 1.165) is 12.1 Å². The van der Waals surface area contributed by atoms with E-state index in [9.17, 15) is 22.8 Å². The first-order valence-electron chi connectivity index (χ1n) is 8.94. The Hall–Kier alpha value is -3.56. The van der Waals surface area contributed by atoms with E-state index in [0.29, 0.717) is 22.2 Å². The number of hydrogen-bond donors (Lipinski definition) is 3. The molecule has 0 saturated carbocycles. The number of ether oxygens (including phenoxy) is 1. The number of fused-ring (bicyclic) bond motifs is 1. The highest BCUT2D eigenvalue weighted by atomic mass is 19.4. The second kappa shape index (κ2) is 8.44. The van der Waals surface area contributed by atoms with Crippen LogP contribution in [0, 0.1) is 0 Å². The number of imidazole rings is 1. The molecule has 4 N–H and O–H groups in total. The number of hydrogen-bond acceptors (Lipinski definition) is 5. The quantitative estimate of drug-likeness (QED) is 0.509. The number of benzene rings is 2. The highest BCUT2D eigenvalue weighted by Crippen LogP contribution is 2.30. The number of aromatic nitrogens is 2. The zero-order valence-corrected chi connectivity index (χ0v) is 15.9. The van der Waals surface area contributed by atoms with Crippen LogP contribution in [0.2, 0.25) is 0 Å². The molecule has 0 saturated heterocycles. The molecule has 1 heterocycles. The van der Waals surface area contributed by atoms with Gasteiger partial charge < -0.3 is 20.8 Å². The van der Waals surface area contributed by atoms with Crippen LogP contribution in [0.3, 0.4) is 0 Å². The molecule has 7 nitrogen and oxygen atoms in total. The van der Waals surface area contributed by atoms with Gasteiger partial charge in [-0.15, -0.1) is 0 Å². The Balaban J connectivity index is 1.87. The summed E-state index contributed by atoms with van der Waals surface area (Å²) in [6.07, 6.45) is -4.55. The Labute approximate surface area is 169 Å². The number of H-pyrrole nitrogens is 1. The molecule has 0 aliphatic carbocycles. The van der Waals surface area contributed by atoms with Crippen LogP contribution in [-0.2, 0) is 33.3 Å². The number of nitrogens with two attached hydrogens (primary N) is 1. The summed E-state index contributed by atoms with van der Waals surface area (Å²) >= 11 is 0. The van der Waals surface area contributed by atoms with Crippen LogP contribution < -0.4 is 11.1 Å². The molecule has 0 spiro atoms. The van der Waals surface area contributed by atoms with Crippen LogP contribution in [0.1, 0.15) is 16.7 Å². The van der Waals surface area contributed by atoms with Gasteiger partial charge in [0.25, 0.3) is 0 Å². The largest absolute Gasteiger partial charge is 0.467 e. The molecule has 1 unspecified atom stereocenters. The van der Waals surface area contributed by atoms with Gasteiger partial charge in [-0.1, -0.05) is 30.3 Å². The number of halogens is 3. The lowest BCUT2D eigenvalue weighted by Crippen LogP contribution is -2.33. The van der Waals surface area contributed by atoms with E-state index in [-0.39, 0.29) is 18.8 Å². The molecule has 0 aliphatic rings. The lowest BCUT2D eigenvalue weighted by atomic mass is 10.0. The number of aromatic amines is 1.